The van der Waals surface area contributed by atoms with Crippen molar-refractivity contribution in [1.82, 2.24) is 4.90 Å². The third kappa shape index (κ3) is 4.18. The largest absolute Gasteiger partial charge is 0.490 e. The first-order chi connectivity index (χ1) is 9.06. The minimum atomic E-state index is -0.0435. The number of ether oxygens (including phenoxy) is 2. The van der Waals surface area contributed by atoms with Gasteiger partial charge in [0, 0.05) is 29.2 Å². The van der Waals surface area contributed by atoms with Crippen LogP contribution in [-0.2, 0) is 4.74 Å². The molecule has 1 heterocycles. The van der Waals surface area contributed by atoms with Crippen LogP contribution in [0.4, 0.5) is 0 Å². The monoisotopic (exact) mass is 328 g/mol. The van der Waals surface area contributed by atoms with Crippen LogP contribution in [-0.4, -0.2) is 44.4 Å². The van der Waals surface area contributed by atoms with Crippen molar-refractivity contribution >= 4 is 15.9 Å². The molecule has 0 amide bonds. The zero-order valence-corrected chi connectivity index (χ0v) is 13.0. The second kappa shape index (κ2) is 6.70. The fraction of sp³-hybridized carbons (Fsp3) is 0.571. The summed E-state index contributed by atoms with van der Waals surface area (Å²) in [7, 11) is 2.10. The summed E-state index contributed by atoms with van der Waals surface area (Å²) < 4.78 is 12.6. The van der Waals surface area contributed by atoms with Crippen molar-refractivity contribution in [2.24, 2.45) is 5.73 Å². The second-order valence-corrected chi connectivity index (χ2v) is 5.95. The van der Waals surface area contributed by atoms with Crippen LogP contribution in [0, 0.1) is 0 Å². The molecule has 5 heteroatoms. The van der Waals surface area contributed by atoms with Crippen molar-refractivity contribution in [1.29, 1.82) is 0 Å². The number of rotatable bonds is 4. The SMILES string of the molecule is C[C@@H](N)c1ccc(Br)cc1OCC1CN(C)CCO1. The number of hydrogen-bond donors (Lipinski definition) is 1. The average Bonchev–Trinajstić information content (AvgIpc) is 2.36. The Morgan fingerprint density at radius 3 is 3.05 bits per heavy atom. The third-order valence-corrected chi connectivity index (χ3v) is 3.73. The number of halogens is 1. The Morgan fingerprint density at radius 2 is 2.37 bits per heavy atom. The van der Waals surface area contributed by atoms with Gasteiger partial charge in [0.1, 0.15) is 18.5 Å². The third-order valence-electron chi connectivity index (χ3n) is 3.23. The van der Waals surface area contributed by atoms with Gasteiger partial charge in [0.05, 0.1) is 6.61 Å². The summed E-state index contributed by atoms with van der Waals surface area (Å²) in [6, 6.07) is 5.90. The highest BCUT2D eigenvalue weighted by Crippen LogP contribution is 2.28. The molecule has 1 aromatic carbocycles. The van der Waals surface area contributed by atoms with Crippen LogP contribution in [0.3, 0.4) is 0 Å². The standard InChI is InChI=1S/C14H21BrN2O2/c1-10(16)13-4-3-11(15)7-14(13)19-9-12-8-17(2)5-6-18-12/h3-4,7,10,12H,5-6,8-9,16H2,1-2H3/t10-,12?/m1/s1. The van der Waals surface area contributed by atoms with E-state index in [9.17, 15) is 0 Å². The van der Waals surface area contributed by atoms with E-state index in [0.717, 1.165) is 35.5 Å². The molecule has 0 bridgehead atoms. The maximum Gasteiger partial charge on any atom is 0.125 e. The van der Waals surface area contributed by atoms with Gasteiger partial charge < -0.3 is 20.1 Å². The second-order valence-electron chi connectivity index (χ2n) is 5.04. The highest BCUT2D eigenvalue weighted by Gasteiger charge is 2.19. The van der Waals surface area contributed by atoms with E-state index in [4.69, 9.17) is 15.2 Å². The van der Waals surface area contributed by atoms with Crippen LogP contribution in [0.1, 0.15) is 18.5 Å². The predicted octanol–water partition coefficient (Wildman–Crippen LogP) is 2.18. The maximum atomic E-state index is 5.96. The Kier molecular flexibility index (Phi) is 5.21. The molecular formula is C14H21BrN2O2. The molecule has 1 aliphatic rings. The van der Waals surface area contributed by atoms with Gasteiger partial charge in [-0.15, -0.1) is 0 Å². The summed E-state index contributed by atoms with van der Waals surface area (Å²) in [5.41, 5.74) is 6.98. The molecule has 1 aromatic rings. The van der Waals surface area contributed by atoms with Crippen LogP contribution >= 0.6 is 15.9 Å². The Balaban J connectivity index is 2.00. The lowest BCUT2D eigenvalue weighted by Gasteiger charge is -2.30. The van der Waals surface area contributed by atoms with Crippen molar-refractivity contribution < 1.29 is 9.47 Å². The predicted molar refractivity (Wildman–Crippen MR) is 79.5 cm³/mol. The lowest BCUT2D eigenvalue weighted by molar-refractivity contribution is -0.0405. The van der Waals surface area contributed by atoms with E-state index in [1.807, 2.05) is 25.1 Å². The quantitative estimate of drug-likeness (QED) is 0.920. The maximum absolute atomic E-state index is 5.96. The molecule has 1 unspecified atom stereocenters. The first-order valence-electron chi connectivity index (χ1n) is 6.54. The molecule has 1 aliphatic heterocycles. The first-order valence-corrected chi connectivity index (χ1v) is 7.33. The van der Waals surface area contributed by atoms with Gasteiger partial charge in [-0.2, -0.15) is 0 Å². The highest BCUT2D eigenvalue weighted by atomic mass is 79.9. The summed E-state index contributed by atoms with van der Waals surface area (Å²) in [5.74, 6) is 0.834. The van der Waals surface area contributed by atoms with Gasteiger partial charge in [0.2, 0.25) is 0 Å². The number of morpholine rings is 1. The number of nitrogens with two attached hydrogens (primary N) is 1. The van der Waals surface area contributed by atoms with Crippen LogP contribution in [0.15, 0.2) is 22.7 Å². The number of benzene rings is 1. The number of hydrogen-bond acceptors (Lipinski definition) is 4. The topological polar surface area (TPSA) is 47.7 Å². The lowest BCUT2D eigenvalue weighted by Crippen LogP contribution is -2.42. The molecule has 2 atom stereocenters. The van der Waals surface area contributed by atoms with E-state index in [2.05, 4.69) is 27.9 Å². The Hall–Kier alpha value is -0.620. The molecule has 1 saturated heterocycles. The summed E-state index contributed by atoms with van der Waals surface area (Å²) >= 11 is 3.46. The number of nitrogens with zero attached hydrogens (tertiary/aromatic N) is 1. The van der Waals surface area contributed by atoms with Gasteiger partial charge in [-0.1, -0.05) is 22.0 Å². The summed E-state index contributed by atoms with van der Waals surface area (Å²) in [6.07, 6.45) is 0.124. The molecule has 106 valence electrons. The Morgan fingerprint density at radius 1 is 1.58 bits per heavy atom. The van der Waals surface area contributed by atoms with Crippen molar-refractivity contribution in [3.8, 4) is 5.75 Å². The molecule has 0 radical (unpaired) electrons. The van der Waals surface area contributed by atoms with Crippen LogP contribution in [0.25, 0.3) is 0 Å². The van der Waals surface area contributed by atoms with E-state index in [-0.39, 0.29) is 12.1 Å². The van der Waals surface area contributed by atoms with E-state index in [0.29, 0.717) is 6.61 Å². The minimum absolute atomic E-state index is 0.0435. The molecule has 19 heavy (non-hydrogen) atoms. The van der Waals surface area contributed by atoms with Crippen molar-refractivity contribution in [3.63, 3.8) is 0 Å². The van der Waals surface area contributed by atoms with Gasteiger partial charge in [-0.05, 0) is 26.1 Å². The molecule has 0 aromatic heterocycles. The van der Waals surface area contributed by atoms with E-state index in [1.54, 1.807) is 0 Å². The van der Waals surface area contributed by atoms with Crippen LogP contribution in [0.2, 0.25) is 0 Å². The zero-order valence-electron chi connectivity index (χ0n) is 11.4. The fourth-order valence-corrected chi connectivity index (χ4v) is 2.50. The highest BCUT2D eigenvalue weighted by molar-refractivity contribution is 9.10. The molecule has 1 fully saturated rings. The molecular weight excluding hydrogens is 308 g/mol. The first kappa shape index (κ1) is 14.8. The summed E-state index contributed by atoms with van der Waals surface area (Å²) in [6.45, 7) is 5.17. The number of likely N-dealkylation sites (N-methyl/N-ethyl adjacent to an activating group) is 1. The minimum Gasteiger partial charge on any atom is -0.490 e. The van der Waals surface area contributed by atoms with Crippen molar-refractivity contribution in [2.75, 3.05) is 33.4 Å². The molecule has 0 spiro atoms. The Bertz CT molecular complexity index is 426. The van der Waals surface area contributed by atoms with Gasteiger partial charge >= 0.3 is 0 Å². The molecule has 2 rings (SSSR count). The Labute approximate surface area is 123 Å². The van der Waals surface area contributed by atoms with Gasteiger partial charge in [0.25, 0.3) is 0 Å². The van der Waals surface area contributed by atoms with E-state index in [1.165, 1.54) is 0 Å². The molecule has 0 aliphatic carbocycles. The summed E-state index contributed by atoms with van der Waals surface area (Å²) in [5, 5.41) is 0. The smallest absolute Gasteiger partial charge is 0.125 e. The lowest BCUT2D eigenvalue weighted by atomic mass is 10.1. The van der Waals surface area contributed by atoms with Crippen molar-refractivity contribution in [3.05, 3.63) is 28.2 Å². The van der Waals surface area contributed by atoms with Crippen LogP contribution in [0.5, 0.6) is 5.75 Å². The average molecular weight is 329 g/mol. The molecule has 2 N–H and O–H groups in total. The van der Waals surface area contributed by atoms with Crippen LogP contribution < -0.4 is 10.5 Å². The molecule has 0 saturated carbocycles. The van der Waals surface area contributed by atoms with E-state index >= 15 is 0 Å². The van der Waals surface area contributed by atoms with Gasteiger partial charge in [-0.3, -0.25) is 0 Å². The fourth-order valence-electron chi connectivity index (χ4n) is 2.16. The zero-order chi connectivity index (χ0) is 13.8. The van der Waals surface area contributed by atoms with Gasteiger partial charge in [0.15, 0.2) is 0 Å². The normalized spacial score (nSPS) is 22.2. The van der Waals surface area contributed by atoms with Crippen molar-refractivity contribution in [2.45, 2.75) is 19.1 Å². The summed E-state index contributed by atoms with van der Waals surface area (Å²) in [4.78, 5) is 2.25. The van der Waals surface area contributed by atoms with Gasteiger partial charge in [-0.25, -0.2) is 0 Å². The van der Waals surface area contributed by atoms with E-state index < -0.39 is 0 Å². The molecule has 4 nitrogen and oxygen atoms in total.